The van der Waals surface area contributed by atoms with Crippen molar-refractivity contribution in [3.8, 4) is 0 Å². The Morgan fingerprint density at radius 3 is 2.62 bits per heavy atom. The zero-order chi connectivity index (χ0) is 11.4. The molecule has 1 aliphatic carbocycles. The van der Waals surface area contributed by atoms with Crippen molar-refractivity contribution in [2.24, 2.45) is 5.92 Å². The molecule has 0 heterocycles. The lowest BCUT2D eigenvalue weighted by molar-refractivity contribution is 0.480. The molecule has 2 heteroatoms. The summed E-state index contributed by atoms with van der Waals surface area (Å²) in [4.78, 5) is 0. The molecular formula is C14H20ClN. The van der Waals surface area contributed by atoms with Gasteiger partial charge in [0.2, 0.25) is 0 Å². The fourth-order valence-corrected chi connectivity index (χ4v) is 1.95. The van der Waals surface area contributed by atoms with Crippen LogP contribution in [-0.4, -0.2) is 12.6 Å². The molecule has 16 heavy (non-hydrogen) atoms. The van der Waals surface area contributed by atoms with Crippen LogP contribution in [0.25, 0.3) is 0 Å². The van der Waals surface area contributed by atoms with Crippen LogP contribution < -0.4 is 5.32 Å². The first-order chi connectivity index (χ1) is 7.74. The second-order valence-electron chi connectivity index (χ2n) is 4.95. The Morgan fingerprint density at radius 1 is 1.31 bits per heavy atom. The first kappa shape index (κ1) is 11.9. The van der Waals surface area contributed by atoms with Gasteiger partial charge in [0.1, 0.15) is 0 Å². The number of hydrogen-bond donors (Lipinski definition) is 1. The van der Waals surface area contributed by atoms with Crippen LogP contribution in [0.1, 0.15) is 31.7 Å². The lowest BCUT2D eigenvalue weighted by atomic mass is 10.0. The van der Waals surface area contributed by atoms with E-state index >= 15 is 0 Å². The van der Waals surface area contributed by atoms with Crippen molar-refractivity contribution in [1.82, 2.24) is 5.32 Å². The number of hydrogen-bond acceptors (Lipinski definition) is 1. The molecule has 1 unspecified atom stereocenters. The van der Waals surface area contributed by atoms with E-state index in [1.807, 2.05) is 12.1 Å². The van der Waals surface area contributed by atoms with Crippen LogP contribution in [0, 0.1) is 5.92 Å². The van der Waals surface area contributed by atoms with Crippen LogP contribution in [0.4, 0.5) is 0 Å². The Balaban J connectivity index is 1.67. The largest absolute Gasteiger partial charge is 0.314 e. The van der Waals surface area contributed by atoms with Crippen LogP contribution in [0.5, 0.6) is 0 Å². The minimum absolute atomic E-state index is 0.760. The summed E-state index contributed by atoms with van der Waals surface area (Å²) in [7, 11) is 0. The number of rotatable bonds is 6. The third-order valence-corrected chi connectivity index (χ3v) is 3.42. The molecule has 0 radical (unpaired) electrons. The highest BCUT2D eigenvalue weighted by Crippen LogP contribution is 2.19. The lowest BCUT2D eigenvalue weighted by Crippen LogP contribution is -2.23. The summed E-state index contributed by atoms with van der Waals surface area (Å²) in [5.74, 6) is 0.760. The summed E-state index contributed by atoms with van der Waals surface area (Å²) in [6.45, 7) is 3.49. The molecule has 1 saturated carbocycles. The van der Waals surface area contributed by atoms with Crippen molar-refractivity contribution in [1.29, 1.82) is 0 Å². The van der Waals surface area contributed by atoms with Crippen molar-refractivity contribution in [2.75, 3.05) is 6.54 Å². The summed E-state index contributed by atoms with van der Waals surface area (Å²) in [6, 6.07) is 9.04. The fourth-order valence-electron chi connectivity index (χ4n) is 1.82. The lowest BCUT2D eigenvalue weighted by Gasteiger charge is -2.12. The maximum absolute atomic E-state index is 5.86. The highest BCUT2D eigenvalue weighted by atomic mass is 35.5. The zero-order valence-corrected chi connectivity index (χ0v) is 10.6. The second kappa shape index (κ2) is 5.70. The van der Waals surface area contributed by atoms with E-state index in [0.29, 0.717) is 0 Å². The summed E-state index contributed by atoms with van der Waals surface area (Å²) in [5.41, 5.74) is 1.39. The Bertz CT molecular complexity index is 316. The van der Waals surface area contributed by atoms with Crippen molar-refractivity contribution >= 4 is 11.6 Å². The van der Waals surface area contributed by atoms with E-state index in [2.05, 4.69) is 24.4 Å². The van der Waals surface area contributed by atoms with Crippen LogP contribution in [0.3, 0.4) is 0 Å². The van der Waals surface area contributed by atoms with Gasteiger partial charge in [0.25, 0.3) is 0 Å². The smallest absolute Gasteiger partial charge is 0.0406 e. The van der Waals surface area contributed by atoms with Gasteiger partial charge >= 0.3 is 0 Å². The van der Waals surface area contributed by atoms with E-state index in [0.717, 1.165) is 29.9 Å². The Hall–Kier alpha value is -0.530. The van der Waals surface area contributed by atoms with Crippen molar-refractivity contribution in [3.63, 3.8) is 0 Å². The van der Waals surface area contributed by atoms with Crippen molar-refractivity contribution in [2.45, 2.75) is 38.6 Å². The number of benzene rings is 1. The van der Waals surface area contributed by atoms with E-state index in [-0.39, 0.29) is 0 Å². The minimum atomic E-state index is 0.760. The molecule has 88 valence electrons. The third-order valence-electron chi connectivity index (χ3n) is 3.17. The van der Waals surface area contributed by atoms with E-state index in [1.54, 1.807) is 0 Å². The van der Waals surface area contributed by atoms with E-state index in [9.17, 15) is 0 Å². The Labute approximate surface area is 103 Å². The normalized spacial score (nSPS) is 17.4. The minimum Gasteiger partial charge on any atom is -0.314 e. The summed E-state index contributed by atoms with van der Waals surface area (Å²) < 4.78 is 0. The van der Waals surface area contributed by atoms with Gasteiger partial charge in [-0.3, -0.25) is 0 Å². The van der Waals surface area contributed by atoms with Gasteiger partial charge in [-0.05, 0) is 55.8 Å². The van der Waals surface area contributed by atoms with E-state index in [1.165, 1.54) is 24.8 Å². The third kappa shape index (κ3) is 4.15. The van der Waals surface area contributed by atoms with Gasteiger partial charge in [-0.1, -0.05) is 30.7 Å². The maximum Gasteiger partial charge on any atom is 0.0406 e. The summed E-state index contributed by atoms with van der Waals surface area (Å²) in [6.07, 6.45) is 5.17. The number of halogens is 1. The molecule has 0 bridgehead atoms. The molecule has 0 saturated heterocycles. The molecule has 1 aromatic carbocycles. The van der Waals surface area contributed by atoms with Crippen molar-refractivity contribution in [3.05, 3.63) is 34.9 Å². The monoisotopic (exact) mass is 237 g/mol. The molecule has 1 N–H and O–H groups in total. The Kier molecular flexibility index (Phi) is 4.25. The van der Waals surface area contributed by atoms with Gasteiger partial charge in [-0.25, -0.2) is 0 Å². The molecular weight excluding hydrogens is 218 g/mol. The average Bonchev–Trinajstić information content (AvgIpc) is 3.09. The van der Waals surface area contributed by atoms with Gasteiger partial charge in [-0.15, -0.1) is 0 Å². The quantitative estimate of drug-likeness (QED) is 0.796. The topological polar surface area (TPSA) is 12.0 Å². The summed E-state index contributed by atoms with van der Waals surface area (Å²) in [5, 5.41) is 4.41. The van der Waals surface area contributed by atoms with E-state index in [4.69, 9.17) is 11.6 Å². The van der Waals surface area contributed by atoms with Crippen LogP contribution in [0.15, 0.2) is 24.3 Å². The highest BCUT2D eigenvalue weighted by Gasteiger charge is 2.20. The number of aryl methyl sites for hydroxylation is 1. The molecule has 0 aromatic heterocycles. The average molecular weight is 238 g/mol. The Morgan fingerprint density at radius 2 is 2.00 bits per heavy atom. The second-order valence-corrected chi connectivity index (χ2v) is 5.39. The molecule has 1 aliphatic rings. The molecule has 0 aliphatic heterocycles. The summed E-state index contributed by atoms with van der Waals surface area (Å²) >= 11 is 5.86. The molecule has 2 rings (SSSR count). The van der Waals surface area contributed by atoms with Crippen LogP contribution >= 0.6 is 11.6 Å². The molecule has 1 atom stereocenters. The molecule has 0 amide bonds. The van der Waals surface area contributed by atoms with Gasteiger partial charge in [-0.2, -0.15) is 0 Å². The number of nitrogens with one attached hydrogen (secondary N) is 1. The zero-order valence-electron chi connectivity index (χ0n) is 9.88. The van der Waals surface area contributed by atoms with Crippen LogP contribution in [0.2, 0.25) is 5.02 Å². The molecule has 1 aromatic rings. The first-order valence-electron chi connectivity index (χ1n) is 6.22. The predicted molar refractivity (Wildman–Crippen MR) is 70.0 cm³/mol. The SMILES string of the molecule is CC(CCc1ccc(Cl)cc1)CNC1CC1. The van der Waals surface area contributed by atoms with Gasteiger partial charge in [0.15, 0.2) is 0 Å². The molecule has 1 nitrogen and oxygen atoms in total. The molecule has 0 spiro atoms. The van der Waals surface area contributed by atoms with Gasteiger partial charge in [0, 0.05) is 11.1 Å². The standard InChI is InChI=1S/C14H20ClN/c1-11(10-16-14-8-9-14)2-3-12-4-6-13(15)7-5-12/h4-7,11,14,16H,2-3,8-10H2,1H3. The fraction of sp³-hybridized carbons (Fsp3) is 0.571. The maximum atomic E-state index is 5.86. The van der Waals surface area contributed by atoms with Gasteiger partial charge < -0.3 is 5.32 Å². The van der Waals surface area contributed by atoms with Crippen LogP contribution in [-0.2, 0) is 6.42 Å². The highest BCUT2D eigenvalue weighted by molar-refractivity contribution is 6.30. The predicted octanol–water partition coefficient (Wildman–Crippen LogP) is 3.66. The first-order valence-corrected chi connectivity index (χ1v) is 6.59. The van der Waals surface area contributed by atoms with Gasteiger partial charge in [0.05, 0.1) is 0 Å². The van der Waals surface area contributed by atoms with E-state index < -0.39 is 0 Å². The molecule has 1 fully saturated rings. The van der Waals surface area contributed by atoms with Crippen molar-refractivity contribution < 1.29 is 0 Å².